The van der Waals surface area contributed by atoms with Crippen LogP contribution in [0.4, 0.5) is 5.82 Å². The van der Waals surface area contributed by atoms with Gasteiger partial charge in [-0.05, 0) is 6.42 Å². The van der Waals surface area contributed by atoms with Crippen LogP contribution in [0.2, 0.25) is 0 Å². The predicted molar refractivity (Wildman–Crippen MR) is 49.0 cm³/mol. The van der Waals surface area contributed by atoms with Crippen molar-refractivity contribution in [3.63, 3.8) is 0 Å². The van der Waals surface area contributed by atoms with Gasteiger partial charge in [0, 0.05) is 26.2 Å². The van der Waals surface area contributed by atoms with Crippen LogP contribution < -0.4 is 16.6 Å². The Morgan fingerprint density at radius 3 is 3.00 bits per heavy atom. The zero-order valence-electron chi connectivity index (χ0n) is 7.41. The molecule has 1 aliphatic rings. The Morgan fingerprint density at radius 2 is 2.23 bits per heavy atom. The lowest BCUT2D eigenvalue weighted by Gasteiger charge is -2.19. The minimum Gasteiger partial charge on any atom is -0.371 e. The summed E-state index contributed by atoms with van der Waals surface area (Å²) < 4.78 is 2.71. The van der Waals surface area contributed by atoms with E-state index in [-0.39, 0.29) is 11.2 Å². The van der Waals surface area contributed by atoms with E-state index < -0.39 is 0 Å². The summed E-state index contributed by atoms with van der Waals surface area (Å²) in [5.41, 5.74) is -0.500. The largest absolute Gasteiger partial charge is 0.371 e. The summed E-state index contributed by atoms with van der Waals surface area (Å²) in [6, 6.07) is 1.46. The summed E-state index contributed by atoms with van der Waals surface area (Å²) in [7, 11) is 1.49. The van der Waals surface area contributed by atoms with Crippen LogP contribution in [0.15, 0.2) is 15.7 Å². The Labute approximate surface area is 74.6 Å². The monoisotopic (exact) mass is 181 g/mol. The van der Waals surface area contributed by atoms with Crippen molar-refractivity contribution in [3.05, 3.63) is 26.9 Å². The van der Waals surface area contributed by atoms with Gasteiger partial charge in [-0.1, -0.05) is 0 Å². The molecule has 70 valence electrons. The van der Waals surface area contributed by atoms with Crippen LogP contribution in [0.1, 0.15) is 6.42 Å². The smallest absolute Gasteiger partial charge is 0.332 e. The number of hydrogen-bond acceptors (Lipinski definition) is 3. The topological polar surface area (TPSA) is 56.0 Å². The molecule has 2 heterocycles. The van der Waals surface area contributed by atoms with E-state index in [0.29, 0.717) is 12.4 Å². The fourth-order valence-corrected chi connectivity index (χ4v) is 1.49. The van der Waals surface area contributed by atoms with Crippen LogP contribution in [0.5, 0.6) is 0 Å². The van der Waals surface area contributed by atoms with Gasteiger partial charge in [-0.25, -0.2) is 4.79 Å². The standard InChI is InChI=1S/C8H11N3O2/c1-10-7(12)5-6-9-3-2-4-11(6)8(10)13/h5,9H,2-4H2,1H3. The number of hydrogen-bond donors (Lipinski definition) is 1. The predicted octanol–water partition coefficient (Wildman–Crippen LogP) is -0.637. The SMILES string of the molecule is Cn1c(=O)cc2n(c1=O)CCCN2. The second-order valence-electron chi connectivity index (χ2n) is 3.14. The van der Waals surface area contributed by atoms with E-state index in [1.165, 1.54) is 13.1 Å². The molecule has 1 aromatic heterocycles. The molecule has 1 aliphatic heterocycles. The molecule has 1 aromatic rings. The molecule has 0 fully saturated rings. The van der Waals surface area contributed by atoms with Gasteiger partial charge in [0.1, 0.15) is 5.82 Å². The molecule has 0 saturated carbocycles. The third-order valence-electron chi connectivity index (χ3n) is 2.26. The first-order chi connectivity index (χ1) is 6.20. The maximum atomic E-state index is 11.5. The third kappa shape index (κ3) is 1.16. The second-order valence-corrected chi connectivity index (χ2v) is 3.14. The van der Waals surface area contributed by atoms with Gasteiger partial charge in [0.25, 0.3) is 5.56 Å². The van der Waals surface area contributed by atoms with Crippen LogP contribution >= 0.6 is 0 Å². The van der Waals surface area contributed by atoms with Crippen molar-refractivity contribution in [1.82, 2.24) is 9.13 Å². The van der Waals surface area contributed by atoms with Crippen LogP contribution in [0.25, 0.3) is 0 Å². The molecule has 5 heteroatoms. The summed E-state index contributed by atoms with van der Waals surface area (Å²) in [5, 5.41) is 3.02. The van der Waals surface area contributed by atoms with Crippen molar-refractivity contribution in [3.8, 4) is 0 Å². The fourth-order valence-electron chi connectivity index (χ4n) is 1.49. The first-order valence-corrected chi connectivity index (χ1v) is 4.25. The lowest BCUT2D eigenvalue weighted by Crippen LogP contribution is -2.40. The summed E-state index contributed by atoms with van der Waals surface area (Å²) >= 11 is 0. The molecule has 0 amide bonds. The van der Waals surface area contributed by atoms with Crippen molar-refractivity contribution >= 4 is 5.82 Å². The minimum atomic E-state index is -0.259. The van der Waals surface area contributed by atoms with Crippen LogP contribution in [-0.4, -0.2) is 15.7 Å². The van der Waals surface area contributed by atoms with E-state index in [1.807, 2.05) is 0 Å². The Kier molecular flexibility index (Phi) is 1.72. The molecule has 13 heavy (non-hydrogen) atoms. The number of aromatic nitrogens is 2. The number of rotatable bonds is 0. The fraction of sp³-hybridized carbons (Fsp3) is 0.500. The Balaban J connectivity index is 2.75. The van der Waals surface area contributed by atoms with Crippen LogP contribution in [-0.2, 0) is 13.6 Å². The molecule has 5 nitrogen and oxygen atoms in total. The average molecular weight is 181 g/mol. The molecule has 2 rings (SSSR count). The van der Waals surface area contributed by atoms with Crippen molar-refractivity contribution < 1.29 is 0 Å². The molecular formula is C8H11N3O2. The second kappa shape index (κ2) is 2.76. The average Bonchev–Trinajstić information content (AvgIpc) is 2.15. The van der Waals surface area contributed by atoms with Crippen molar-refractivity contribution in [1.29, 1.82) is 0 Å². The maximum absolute atomic E-state index is 11.5. The number of nitrogens with one attached hydrogen (secondary N) is 1. The van der Waals surface area contributed by atoms with E-state index in [9.17, 15) is 9.59 Å². The molecule has 0 saturated heterocycles. The van der Waals surface area contributed by atoms with Crippen molar-refractivity contribution in [2.45, 2.75) is 13.0 Å². The van der Waals surface area contributed by atoms with Gasteiger partial charge >= 0.3 is 5.69 Å². The van der Waals surface area contributed by atoms with E-state index in [4.69, 9.17) is 0 Å². The summed E-state index contributed by atoms with van der Waals surface area (Å²) in [4.78, 5) is 22.7. The molecule has 0 spiro atoms. The lowest BCUT2D eigenvalue weighted by molar-refractivity contribution is 0.561. The van der Waals surface area contributed by atoms with Gasteiger partial charge in [0.15, 0.2) is 0 Å². The maximum Gasteiger partial charge on any atom is 0.332 e. The zero-order chi connectivity index (χ0) is 9.42. The van der Waals surface area contributed by atoms with Crippen LogP contribution in [0.3, 0.4) is 0 Å². The Hall–Kier alpha value is -1.52. The highest BCUT2D eigenvalue weighted by Crippen LogP contribution is 2.06. The molecule has 0 aliphatic carbocycles. The van der Waals surface area contributed by atoms with Gasteiger partial charge in [-0.3, -0.25) is 13.9 Å². The van der Waals surface area contributed by atoms with Gasteiger partial charge in [0.2, 0.25) is 0 Å². The number of anilines is 1. The van der Waals surface area contributed by atoms with E-state index >= 15 is 0 Å². The summed E-state index contributed by atoms with van der Waals surface area (Å²) in [6.07, 6.45) is 0.922. The number of fused-ring (bicyclic) bond motifs is 1. The first kappa shape index (κ1) is 8.10. The van der Waals surface area contributed by atoms with Crippen LogP contribution in [0, 0.1) is 0 Å². The summed E-state index contributed by atoms with van der Waals surface area (Å²) in [5.74, 6) is 0.638. The van der Waals surface area contributed by atoms with Gasteiger partial charge in [-0.2, -0.15) is 0 Å². The van der Waals surface area contributed by atoms with E-state index in [0.717, 1.165) is 17.5 Å². The highest BCUT2D eigenvalue weighted by atomic mass is 16.2. The highest BCUT2D eigenvalue weighted by molar-refractivity contribution is 5.35. The van der Waals surface area contributed by atoms with Gasteiger partial charge < -0.3 is 5.32 Å². The Bertz CT molecular complexity index is 444. The van der Waals surface area contributed by atoms with E-state index in [2.05, 4.69) is 5.32 Å². The molecule has 0 unspecified atom stereocenters. The first-order valence-electron chi connectivity index (χ1n) is 4.25. The van der Waals surface area contributed by atoms with Crippen molar-refractivity contribution in [2.75, 3.05) is 11.9 Å². The lowest BCUT2D eigenvalue weighted by atomic mass is 10.3. The summed E-state index contributed by atoms with van der Waals surface area (Å²) in [6.45, 7) is 1.52. The molecule has 0 bridgehead atoms. The Morgan fingerprint density at radius 1 is 1.46 bits per heavy atom. The zero-order valence-corrected chi connectivity index (χ0v) is 7.41. The van der Waals surface area contributed by atoms with Gasteiger partial charge in [-0.15, -0.1) is 0 Å². The molecule has 0 atom stereocenters. The molecular weight excluding hydrogens is 170 g/mol. The third-order valence-corrected chi connectivity index (χ3v) is 2.26. The van der Waals surface area contributed by atoms with E-state index in [1.54, 1.807) is 4.57 Å². The molecule has 1 N–H and O–H groups in total. The highest BCUT2D eigenvalue weighted by Gasteiger charge is 2.11. The molecule has 0 radical (unpaired) electrons. The normalized spacial score (nSPS) is 14.8. The number of nitrogens with zero attached hydrogens (tertiary/aromatic N) is 2. The van der Waals surface area contributed by atoms with Crippen molar-refractivity contribution in [2.24, 2.45) is 7.05 Å². The minimum absolute atomic E-state index is 0.241. The molecule has 0 aromatic carbocycles. The quantitative estimate of drug-likeness (QED) is 0.579. The van der Waals surface area contributed by atoms with Gasteiger partial charge in [0.05, 0.1) is 0 Å².